The van der Waals surface area contributed by atoms with E-state index in [2.05, 4.69) is 25.6 Å². The van der Waals surface area contributed by atoms with E-state index in [0.29, 0.717) is 27.9 Å². The molecule has 148 valence electrons. The number of rotatable bonds is 4. The first-order chi connectivity index (χ1) is 14.2. The molecule has 1 aliphatic heterocycles. The van der Waals surface area contributed by atoms with E-state index in [1.165, 1.54) is 25.0 Å². The zero-order valence-electron chi connectivity index (χ0n) is 15.8. The largest absolute Gasteiger partial charge is 0.382 e. The summed E-state index contributed by atoms with van der Waals surface area (Å²) in [5.41, 5.74) is 4.01. The number of benzene rings is 2. The average molecular weight is 410 g/mol. The molecule has 5 nitrogen and oxygen atoms in total. The molecular formula is C22H21ClFN5. The highest BCUT2D eigenvalue weighted by atomic mass is 35.5. The molecule has 29 heavy (non-hydrogen) atoms. The number of hydrogen-bond donors (Lipinski definition) is 3. The van der Waals surface area contributed by atoms with E-state index in [1.807, 2.05) is 18.2 Å². The van der Waals surface area contributed by atoms with Gasteiger partial charge >= 0.3 is 0 Å². The molecule has 0 amide bonds. The summed E-state index contributed by atoms with van der Waals surface area (Å²) in [6.45, 7) is 1.85. The van der Waals surface area contributed by atoms with Crippen molar-refractivity contribution in [1.82, 2.24) is 20.3 Å². The average Bonchev–Trinajstić information content (AvgIpc) is 3.15. The lowest BCUT2D eigenvalue weighted by Crippen LogP contribution is -2.39. The molecule has 1 fully saturated rings. The predicted octanol–water partition coefficient (Wildman–Crippen LogP) is 5.12. The Morgan fingerprint density at radius 1 is 1.14 bits per heavy atom. The van der Waals surface area contributed by atoms with Crippen LogP contribution >= 0.6 is 11.6 Å². The van der Waals surface area contributed by atoms with Gasteiger partial charge in [0.2, 0.25) is 0 Å². The SMILES string of the molecule is Fc1ccc2nc(-c3cnc4ccc(Cl)cc4c3NCC3CCCCN3)[nH]c2c1. The van der Waals surface area contributed by atoms with Crippen LogP contribution in [0.2, 0.25) is 5.02 Å². The standard InChI is InChI=1S/C22H21ClFN5/c23-13-4-6-18-16(9-13)21(27-11-15-3-1-2-8-25-15)17(12-26-18)22-28-19-7-5-14(24)10-20(19)29-22/h4-7,9-10,12,15,25H,1-3,8,11H2,(H,26,27)(H,28,29). The maximum atomic E-state index is 13.6. The number of aromatic amines is 1. The minimum Gasteiger partial charge on any atom is -0.382 e. The number of halogens is 2. The smallest absolute Gasteiger partial charge is 0.142 e. The molecule has 1 aliphatic rings. The van der Waals surface area contributed by atoms with Crippen molar-refractivity contribution < 1.29 is 4.39 Å². The fraction of sp³-hybridized carbons (Fsp3) is 0.273. The zero-order chi connectivity index (χ0) is 19.8. The van der Waals surface area contributed by atoms with E-state index in [4.69, 9.17) is 11.6 Å². The lowest BCUT2D eigenvalue weighted by atomic mass is 10.0. The maximum Gasteiger partial charge on any atom is 0.142 e. The van der Waals surface area contributed by atoms with Gasteiger partial charge in [-0.3, -0.25) is 4.98 Å². The summed E-state index contributed by atoms with van der Waals surface area (Å²) in [7, 11) is 0. The van der Waals surface area contributed by atoms with Gasteiger partial charge in [0.05, 0.1) is 27.8 Å². The molecule has 2 aromatic heterocycles. The molecule has 1 unspecified atom stereocenters. The number of imidazole rings is 1. The molecular weight excluding hydrogens is 389 g/mol. The third-order valence-corrected chi connectivity index (χ3v) is 5.70. The topological polar surface area (TPSA) is 65.6 Å². The molecule has 3 heterocycles. The normalized spacial score (nSPS) is 17.1. The monoisotopic (exact) mass is 409 g/mol. The Kier molecular flexibility index (Phi) is 4.81. The van der Waals surface area contributed by atoms with Gasteiger partial charge in [0.25, 0.3) is 0 Å². The lowest BCUT2D eigenvalue weighted by Gasteiger charge is -2.25. The summed E-state index contributed by atoms with van der Waals surface area (Å²) in [4.78, 5) is 12.5. The number of piperidine rings is 1. The number of H-pyrrole nitrogens is 1. The van der Waals surface area contributed by atoms with E-state index < -0.39 is 0 Å². The molecule has 0 radical (unpaired) electrons. The van der Waals surface area contributed by atoms with Gasteiger partial charge < -0.3 is 15.6 Å². The Labute approximate surface area is 172 Å². The Hall–Kier alpha value is -2.70. The molecule has 1 saturated heterocycles. The second kappa shape index (κ2) is 7.61. The minimum atomic E-state index is -0.294. The highest BCUT2D eigenvalue weighted by Gasteiger charge is 2.17. The maximum absolute atomic E-state index is 13.6. The van der Waals surface area contributed by atoms with Crippen LogP contribution < -0.4 is 10.6 Å². The number of fused-ring (bicyclic) bond motifs is 2. The first-order valence-electron chi connectivity index (χ1n) is 9.88. The van der Waals surface area contributed by atoms with Crippen molar-refractivity contribution in [3.05, 3.63) is 53.4 Å². The summed E-state index contributed by atoms with van der Waals surface area (Å²) in [6, 6.07) is 10.6. The Balaban J connectivity index is 1.60. The fourth-order valence-corrected chi connectivity index (χ4v) is 4.14. The summed E-state index contributed by atoms with van der Waals surface area (Å²) in [5, 5.41) is 8.78. The second-order valence-corrected chi connectivity index (χ2v) is 7.92. The Morgan fingerprint density at radius 3 is 2.90 bits per heavy atom. The molecule has 0 aliphatic carbocycles. The molecule has 3 N–H and O–H groups in total. The summed E-state index contributed by atoms with van der Waals surface area (Å²) in [6.07, 6.45) is 5.42. The van der Waals surface area contributed by atoms with E-state index in [-0.39, 0.29) is 5.82 Å². The number of aromatic nitrogens is 3. The molecule has 7 heteroatoms. The number of anilines is 1. The number of nitrogens with zero attached hydrogens (tertiary/aromatic N) is 2. The molecule has 0 bridgehead atoms. The summed E-state index contributed by atoms with van der Waals surface area (Å²) in [5.74, 6) is 0.358. The zero-order valence-corrected chi connectivity index (χ0v) is 16.6. The lowest BCUT2D eigenvalue weighted by molar-refractivity contribution is 0.414. The molecule has 2 aromatic carbocycles. The summed E-state index contributed by atoms with van der Waals surface area (Å²) >= 11 is 6.29. The van der Waals surface area contributed by atoms with Gasteiger partial charge in [-0.25, -0.2) is 9.37 Å². The molecule has 4 aromatic rings. The first-order valence-corrected chi connectivity index (χ1v) is 10.3. The van der Waals surface area contributed by atoms with Crippen LogP contribution in [-0.2, 0) is 0 Å². The van der Waals surface area contributed by atoms with Crippen LogP contribution in [0.25, 0.3) is 33.3 Å². The van der Waals surface area contributed by atoms with Gasteiger partial charge in [-0.05, 0) is 55.8 Å². The highest BCUT2D eigenvalue weighted by Crippen LogP contribution is 2.34. The van der Waals surface area contributed by atoms with E-state index in [0.717, 1.165) is 41.7 Å². The third-order valence-electron chi connectivity index (χ3n) is 5.47. The van der Waals surface area contributed by atoms with Crippen molar-refractivity contribution in [2.75, 3.05) is 18.4 Å². The number of nitrogens with one attached hydrogen (secondary N) is 3. The van der Waals surface area contributed by atoms with Crippen LogP contribution in [-0.4, -0.2) is 34.1 Å². The predicted molar refractivity (Wildman–Crippen MR) is 116 cm³/mol. The summed E-state index contributed by atoms with van der Waals surface area (Å²) < 4.78 is 13.6. The number of pyridine rings is 1. The van der Waals surface area contributed by atoms with Gasteiger partial charge in [-0.2, -0.15) is 0 Å². The van der Waals surface area contributed by atoms with Crippen molar-refractivity contribution in [2.45, 2.75) is 25.3 Å². The van der Waals surface area contributed by atoms with Crippen molar-refractivity contribution in [1.29, 1.82) is 0 Å². The van der Waals surface area contributed by atoms with Gasteiger partial charge in [0, 0.05) is 29.2 Å². The van der Waals surface area contributed by atoms with Crippen molar-refractivity contribution in [3.63, 3.8) is 0 Å². The number of hydrogen-bond acceptors (Lipinski definition) is 4. The molecule has 1 atom stereocenters. The molecule has 0 spiro atoms. The van der Waals surface area contributed by atoms with Gasteiger partial charge in [0.1, 0.15) is 11.6 Å². The minimum absolute atomic E-state index is 0.294. The van der Waals surface area contributed by atoms with Gasteiger partial charge in [-0.15, -0.1) is 0 Å². The quantitative estimate of drug-likeness (QED) is 0.437. The first kappa shape index (κ1) is 18.3. The molecule has 0 saturated carbocycles. The van der Waals surface area contributed by atoms with Crippen LogP contribution in [0.4, 0.5) is 10.1 Å². The Morgan fingerprint density at radius 2 is 2.03 bits per heavy atom. The Bertz CT molecular complexity index is 1180. The highest BCUT2D eigenvalue weighted by molar-refractivity contribution is 6.31. The van der Waals surface area contributed by atoms with E-state index in [9.17, 15) is 4.39 Å². The van der Waals surface area contributed by atoms with E-state index in [1.54, 1.807) is 12.3 Å². The van der Waals surface area contributed by atoms with Crippen LogP contribution in [0.15, 0.2) is 42.6 Å². The van der Waals surface area contributed by atoms with Crippen LogP contribution in [0, 0.1) is 5.82 Å². The van der Waals surface area contributed by atoms with Crippen molar-refractivity contribution >= 4 is 39.2 Å². The van der Waals surface area contributed by atoms with Crippen LogP contribution in [0.1, 0.15) is 19.3 Å². The van der Waals surface area contributed by atoms with Crippen molar-refractivity contribution in [3.8, 4) is 11.4 Å². The van der Waals surface area contributed by atoms with Crippen LogP contribution in [0.3, 0.4) is 0 Å². The van der Waals surface area contributed by atoms with Crippen LogP contribution in [0.5, 0.6) is 0 Å². The fourth-order valence-electron chi connectivity index (χ4n) is 3.97. The van der Waals surface area contributed by atoms with E-state index >= 15 is 0 Å². The molecule has 5 rings (SSSR count). The third kappa shape index (κ3) is 3.66. The van der Waals surface area contributed by atoms with Gasteiger partial charge in [0.15, 0.2) is 0 Å². The second-order valence-electron chi connectivity index (χ2n) is 7.48. The van der Waals surface area contributed by atoms with Crippen molar-refractivity contribution in [2.24, 2.45) is 0 Å². The van der Waals surface area contributed by atoms with Gasteiger partial charge in [-0.1, -0.05) is 18.0 Å².